The molecule has 1 fully saturated rings. The van der Waals surface area contributed by atoms with Crippen LogP contribution in [0.15, 0.2) is 18.2 Å². The minimum atomic E-state index is -1.18. The Morgan fingerprint density at radius 2 is 1.94 bits per heavy atom. The van der Waals surface area contributed by atoms with E-state index < -0.39 is 23.6 Å². The quantitative estimate of drug-likeness (QED) is 0.871. The first-order valence-corrected chi connectivity index (χ1v) is 6.36. The molecule has 0 saturated heterocycles. The lowest BCUT2D eigenvalue weighted by atomic mass is 9.77. The molecule has 0 radical (unpaired) electrons. The van der Waals surface area contributed by atoms with Gasteiger partial charge in [-0.05, 0) is 49.4 Å². The monoisotopic (exact) mass is 275 g/mol. The number of aliphatic hydroxyl groups is 1. The maximum Gasteiger partial charge on any atom is 0.125 e. The van der Waals surface area contributed by atoms with Crippen molar-refractivity contribution in [3.63, 3.8) is 0 Å². The Kier molecular flexibility index (Phi) is 3.90. The number of rotatable bonds is 2. The summed E-state index contributed by atoms with van der Waals surface area (Å²) >= 11 is 5.76. The van der Waals surface area contributed by atoms with Crippen LogP contribution in [-0.4, -0.2) is 16.9 Å². The Bertz CT molecular complexity index is 413. The summed E-state index contributed by atoms with van der Waals surface area (Å²) in [7, 11) is 0. The average molecular weight is 276 g/mol. The highest BCUT2D eigenvalue weighted by atomic mass is 35.5. The molecule has 1 aliphatic rings. The summed E-state index contributed by atoms with van der Waals surface area (Å²) in [6.45, 7) is 0. The highest BCUT2D eigenvalue weighted by Crippen LogP contribution is 2.38. The number of halogens is 3. The van der Waals surface area contributed by atoms with E-state index in [1.807, 2.05) is 0 Å². The largest absolute Gasteiger partial charge is 0.388 e. The molecule has 2 rings (SSSR count). The Morgan fingerprint density at radius 3 is 2.50 bits per heavy atom. The van der Waals surface area contributed by atoms with Crippen LogP contribution < -0.4 is 5.73 Å². The summed E-state index contributed by atoms with van der Waals surface area (Å²) < 4.78 is 26.3. The van der Waals surface area contributed by atoms with Gasteiger partial charge in [0, 0.05) is 5.02 Å². The maximum absolute atomic E-state index is 13.3. The smallest absolute Gasteiger partial charge is 0.125 e. The molecular weight excluding hydrogens is 260 g/mol. The first kappa shape index (κ1) is 13.7. The molecule has 5 heteroatoms. The van der Waals surface area contributed by atoms with Gasteiger partial charge < -0.3 is 10.8 Å². The lowest BCUT2D eigenvalue weighted by Crippen LogP contribution is -2.44. The van der Waals surface area contributed by atoms with Crippen molar-refractivity contribution < 1.29 is 13.9 Å². The second-order valence-corrected chi connectivity index (χ2v) is 5.40. The van der Waals surface area contributed by atoms with Crippen molar-refractivity contribution in [2.45, 2.75) is 43.5 Å². The van der Waals surface area contributed by atoms with Crippen molar-refractivity contribution in [3.05, 3.63) is 34.6 Å². The van der Waals surface area contributed by atoms with Gasteiger partial charge >= 0.3 is 0 Å². The van der Waals surface area contributed by atoms with E-state index in [0.717, 1.165) is 0 Å². The van der Waals surface area contributed by atoms with Gasteiger partial charge in [0.05, 0.1) is 11.6 Å². The molecule has 1 aliphatic carbocycles. The number of hydrogen-bond acceptors (Lipinski definition) is 2. The van der Waals surface area contributed by atoms with Gasteiger partial charge in [-0.15, -0.1) is 0 Å². The van der Waals surface area contributed by atoms with Crippen molar-refractivity contribution in [3.8, 4) is 0 Å². The third-order valence-corrected chi connectivity index (χ3v) is 3.82. The van der Waals surface area contributed by atoms with Crippen molar-refractivity contribution in [1.29, 1.82) is 0 Å². The first-order valence-electron chi connectivity index (χ1n) is 5.99. The van der Waals surface area contributed by atoms with E-state index in [2.05, 4.69) is 0 Å². The third-order valence-electron chi connectivity index (χ3n) is 3.60. The molecule has 0 aliphatic heterocycles. The molecule has 0 amide bonds. The Morgan fingerprint density at radius 1 is 1.33 bits per heavy atom. The Labute approximate surface area is 110 Å². The van der Waals surface area contributed by atoms with Crippen LogP contribution in [0.5, 0.6) is 0 Å². The average Bonchev–Trinajstić information content (AvgIpc) is 2.31. The third kappa shape index (κ3) is 2.82. The van der Waals surface area contributed by atoms with Crippen LogP contribution in [0, 0.1) is 5.82 Å². The van der Waals surface area contributed by atoms with Gasteiger partial charge in [-0.2, -0.15) is 0 Å². The molecule has 0 spiro atoms. The van der Waals surface area contributed by atoms with Crippen LogP contribution in [0.2, 0.25) is 5.02 Å². The fourth-order valence-corrected chi connectivity index (χ4v) is 2.69. The fraction of sp³-hybridized carbons (Fsp3) is 0.538. The molecular formula is C13H16ClF2NO. The summed E-state index contributed by atoms with van der Waals surface area (Å²) in [4.78, 5) is 0. The lowest BCUT2D eigenvalue weighted by molar-refractivity contribution is -0.0364. The van der Waals surface area contributed by atoms with Gasteiger partial charge in [0.1, 0.15) is 12.0 Å². The molecule has 2 nitrogen and oxygen atoms in total. The van der Waals surface area contributed by atoms with Crippen molar-refractivity contribution >= 4 is 11.6 Å². The number of hydrogen-bond donors (Lipinski definition) is 2. The zero-order valence-electron chi connectivity index (χ0n) is 9.87. The second kappa shape index (κ2) is 5.11. The number of alkyl halides is 1. The summed E-state index contributed by atoms with van der Waals surface area (Å²) in [5, 5.41) is 10.7. The zero-order valence-corrected chi connectivity index (χ0v) is 10.6. The molecule has 0 heterocycles. The molecule has 0 bridgehead atoms. The van der Waals surface area contributed by atoms with Gasteiger partial charge in [0.15, 0.2) is 0 Å². The van der Waals surface area contributed by atoms with Crippen LogP contribution in [0.1, 0.15) is 37.3 Å². The van der Waals surface area contributed by atoms with E-state index >= 15 is 0 Å². The Balaban J connectivity index is 2.22. The standard InChI is InChI=1S/C13H16ClF2NO/c14-9-5-8(6-11(16)7-9)12(17)13(18)3-1-10(15)2-4-13/h5-7,10,12,18H,1-4,17H2. The molecule has 18 heavy (non-hydrogen) atoms. The van der Waals surface area contributed by atoms with Gasteiger partial charge in [0.25, 0.3) is 0 Å². The van der Waals surface area contributed by atoms with Crippen molar-refractivity contribution in [2.75, 3.05) is 0 Å². The fourth-order valence-electron chi connectivity index (χ4n) is 2.46. The van der Waals surface area contributed by atoms with Crippen LogP contribution in [0.25, 0.3) is 0 Å². The SMILES string of the molecule is NC(c1cc(F)cc(Cl)c1)C1(O)CCC(F)CC1. The van der Waals surface area contributed by atoms with Crippen molar-refractivity contribution in [1.82, 2.24) is 0 Å². The maximum atomic E-state index is 13.3. The van der Waals surface area contributed by atoms with Gasteiger partial charge in [-0.3, -0.25) is 0 Å². The minimum absolute atomic E-state index is 0.239. The normalized spacial score (nSPS) is 30.2. The summed E-state index contributed by atoms with van der Waals surface area (Å²) in [6.07, 6.45) is 0.251. The van der Waals surface area contributed by atoms with Gasteiger partial charge in [-0.25, -0.2) is 8.78 Å². The van der Waals surface area contributed by atoms with Crippen LogP contribution in [0.4, 0.5) is 8.78 Å². The molecule has 100 valence electrons. The van der Waals surface area contributed by atoms with E-state index in [9.17, 15) is 13.9 Å². The predicted molar refractivity (Wildman–Crippen MR) is 66.7 cm³/mol. The summed E-state index contributed by atoms with van der Waals surface area (Å²) in [5.74, 6) is -0.490. The molecule has 1 saturated carbocycles. The summed E-state index contributed by atoms with van der Waals surface area (Å²) in [5.41, 5.74) is 5.25. The van der Waals surface area contributed by atoms with E-state index in [-0.39, 0.29) is 30.7 Å². The van der Waals surface area contributed by atoms with E-state index in [1.54, 1.807) is 0 Å². The van der Waals surface area contributed by atoms with Crippen molar-refractivity contribution in [2.24, 2.45) is 5.73 Å². The topological polar surface area (TPSA) is 46.2 Å². The van der Waals surface area contributed by atoms with Crippen LogP contribution >= 0.6 is 11.6 Å². The van der Waals surface area contributed by atoms with E-state index in [0.29, 0.717) is 5.56 Å². The van der Waals surface area contributed by atoms with Crippen LogP contribution in [-0.2, 0) is 0 Å². The molecule has 0 aromatic heterocycles. The Hall–Kier alpha value is -0.710. The predicted octanol–water partition coefficient (Wildman–Crippen LogP) is 3.12. The number of nitrogens with two attached hydrogens (primary N) is 1. The minimum Gasteiger partial charge on any atom is -0.388 e. The number of benzene rings is 1. The highest BCUT2D eigenvalue weighted by molar-refractivity contribution is 6.30. The first-order chi connectivity index (χ1) is 8.40. The molecule has 1 atom stereocenters. The molecule has 3 N–H and O–H groups in total. The second-order valence-electron chi connectivity index (χ2n) is 4.96. The lowest BCUT2D eigenvalue weighted by Gasteiger charge is -2.38. The molecule has 1 aromatic carbocycles. The summed E-state index contributed by atoms with van der Waals surface area (Å²) in [6, 6.07) is 3.23. The van der Waals surface area contributed by atoms with E-state index in [1.165, 1.54) is 18.2 Å². The van der Waals surface area contributed by atoms with Crippen LogP contribution in [0.3, 0.4) is 0 Å². The van der Waals surface area contributed by atoms with Gasteiger partial charge in [0.2, 0.25) is 0 Å². The zero-order chi connectivity index (χ0) is 13.3. The highest BCUT2D eigenvalue weighted by Gasteiger charge is 2.39. The molecule has 1 unspecified atom stereocenters. The van der Waals surface area contributed by atoms with Gasteiger partial charge in [-0.1, -0.05) is 11.6 Å². The van der Waals surface area contributed by atoms with E-state index in [4.69, 9.17) is 17.3 Å². The molecule has 1 aromatic rings.